The van der Waals surface area contributed by atoms with E-state index in [-0.39, 0.29) is 5.41 Å². The van der Waals surface area contributed by atoms with Crippen LogP contribution in [0.5, 0.6) is 0 Å². The van der Waals surface area contributed by atoms with Gasteiger partial charge in [0.1, 0.15) is 0 Å². The molecule has 0 spiro atoms. The zero-order valence-electron chi connectivity index (χ0n) is 8.57. The number of rotatable bonds is 2. The molecule has 0 atom stereocenters. The highest BCUT2D eigenvalue weighted by molar-refractivity contribution is 5.94. The Morgan fingerprint density at radius 1 is 1.13 bits per heavy atom. The van der Waals surface area contributed by atoms with E-state index in [2.05, 4.69) is 17.0 Å². The van der Waals surface area contributed by atoms with Crippen LogP contribution in [0.3, 0.4) is 0 Å². The Morgan fingerprint density at radius 3 is 2.33 bits per heavy atom. The Morgan fingerprint density at radius 2 is 1.80 bits per heavy atom. The van der Waals surface area contributed by atoms with Gasteiger partial charge in [-0.2, -0.15) is 0 Å². The third kappa shape index (κ3) is 0.726. The number of hydrogen-bond donors (Lipinski definition) is 0. The fourth-order valence-electron chi connectivity index (χ4n) is 3.75. The number of carbonyl (C=O) groups is 1. The first-order valence-corrected chi connectivity index (χ1v) is 5.60. The van der Waals surface area contributed by atoms with Gasteiger partial charge in [0, 0.05) is 12.1 Å². The lowest BCUT2D eigenvalue weighted by Crippen LogP contribution is -2.62. The van der Waals surface area contributed by atoms with Crippen LogP contribution in [-0.2, 0) is 11.3 Å². The molecule has 0 aromatic heterocycles. The number of amides is 1. The summed E-state index contributed by atoms with van der Waals surface area (Å²) in [7, 11) is 0. The summed E-state index contributed by atoms with van der Waals surface area (Å²) in [6.45, 7) is 0.821. The standard InChI is InChI=1S/C13H13NO/c15-11-12-7-13(8-12,9-12)14(11)6-10-4-2-1-3-5-10/h1-5H,6-9H2. The van der Waals surface area contributed by atoms with E-state index in [4.69, 9.17) is 0 Å². The van der Waals surface area contributed by atoms with E-state index in [1.54, 1.807) is 0 Å². The van der Waals surface area contributed by atoms with E-state index in [1.165, 1.54) is 5.56 Å². The van der Waals surface area contributed by atoms with Gasteiger partial charge in [-0.1, -0.05) is 30.3 Å². The van der Waals surface area contributed by atoms with Crippen molar-refractivity contribution >= 4 is 5.91 Å². The molecule has 2 nitrogen and oxygen atoms in total. The fraction of sp³-hybridized carbons (Fsp3) is 0.462. The summed E-state index contributed by atoms with van der Waals surface area (Å²) in [5, 5.41) is 0. The van der Waals surface area contributed by atoms with E-state index in [1.807, 2.05) is 18.2 Å². The van der Waals surface area contributed by atoms with Gasteiger partial charge in [0.05, 0.1) is 5.41 Å². The number of benzene rings is 1. The maximum Gasteiger partial charge on any atom is 0.229 e. The van der Waals surface area contributed by atoms with E-state index >= 15 is 0 Å². The lowest BCUT2D eigenvalue weighted by atomic mass is 9.43. The maximum atomic E-state index is 12.0. The molecule has 3 aliphatic carbocycles. The van der Waals surface area contributed by atoms with Crippen LogP contribution in [0, 0.1) is 5.41 Å². The number of hydrogen-bond acceptors (Lipinski definition) is 1. The van der Waals surface area contributed by atoms with Gasteiger partial charge in [-0.05, 0) is 24.8 Å². The second kappa shape index (κ2) is 2.11. The van der Waals surface area contributed by atoms with Crippen molar-refractivity contribution in [2.24, 2.45) is 5.41 Å². The minimum atomic E-state index is 0.120. The lowest BCUT2D eigenvalue weighted by molar-refractivity contribution is -0.136. The monoisotopic (exact) mass is 199 g/mol. The van der Waals surface area contributed by atoms with Gasteiger partial charge >= 0.3 is 0 Å². The highest BCUT2D eigenvalue weighted by atomic mass is 16.2. The molecule has 7 rings (SSSR count). The quantitative estimate of drug-likeness (QED) is 0.713. The van der Waals surface area contributed by atoms with Crippen LogP contribution in [-0.4, -0.2) is 16.3 Å². The molecular formula is C13H13NO. The molecular weight excluding hydrogens is 186 g/mol. The second-order valence-electron chi connectivity index (χ2n) is 5.41. The normalized spacial score (nSPS) is 40.0. The molecule has 3 saturated heterocycles. The van der Waals surface area contributed by atoms with E-state index in [0.717, 1.165) is 25.8 Å². The number of carbonyl (C=O) groups excluding carboxylic acids is 1. The summed E-state index contributed by atoms with van der Waals surface area (Å²) >= 11 is 0. The lowest BCUT2D eigenvalue weighted by Gasteiger charge is -2.60. The van der Waals surface area contributed by atoms with Crippen molar-refractivity contribution in [3.8, 4) is 0 Å². The molecule has 2 heteroatoms. The average Bonchev–Trinajstić information content (AvgIpc) is 2.58. The highest BCUT2D eigenvalue weighted by Gasteiger charge is 2.82. The van der Waals surface area contributed by atoms with Crippen LogP contribution in [0.15, 0.2) is 30.3 Å². The Bertz CT molecular complexity index is 431. The summed E-state index contributed by atoms with van der Waals surface area (Å²) in [6, 6.07) is 10.3. The van der Waals surface area contributed by atoms with Crippen LogP contribution in [0.2, 0.25) is 0 Å². The van der Waals surface area contributed by atoms with Crippen molar-refractivity contribution in [1.82, 2.24) is 4.90 Å². The highest BCUT2D eigenvalue weighted by Crippen LogP contribution is 2.77. The zero-order valence-corrected chi connectivity index (χ0v) is 8.57. The maximum absolute atomic E-state index is 12.0. The van der Waals surface area contributed by atoms with Gasteiger partial charge in [-0.15, -0.1) is 0 Å². The smallest absolute Gasteiger partial charge is 0.229 e. The van der Waals surface area contributed by atoms with E-state index in [9.17, 15) is 4.79 Å². The molecule has 0 N–H and O–H groups in total. The van der Waals surface area contributed by atoms with Crippen molar-refractivity contribution < 1.29 is 4.79 Å². The molecule has 6 aliphatic rings. The molecule has 2 bridgehead atoms. The first-order chi connectivity index (χ1) is 7.24. The van der Waals surface area contributed by atoms with Crippen LogP contribution in [0.4, 0.5) is 0 Å². The molecule has 76 valence electrons. The van der Waals surface area contributed by atoms with Gasteiger partial charge < -0.3 is 4.90 Å². The molecule has 3 aliphatic heterocycles. The minimum absolute atomic E-state index is 0.120. The molecule has 0 unspecified atom stereocenters. The molecule has 3 saturated carbocycles. The predicted molar refractivity (Wildman–Crippen MR) is 56.0 cm³/mol. The van der Waals surface area contributed by atoms with Crippen LogP contribution in [0.25, 0.3) is 0 Å². The summed E-state index contributed by atoms with van der Waals surface area (Å²) in [4.78, 5) is 14.2. The first kappa shape index (κ1) is 7.91. The molecule has 6 fully saturated rings. The summed E-state index contributed by atoms with van der Waals surface area (Å²) < 4.78 is 0. The van der Waals surface area contributed by atoms with Gasteiger partial charge in [0.15, 0.2) is 0 Å². The van der Waals surface area contributed by atoms with Crippen LogP contribution in [0.1, 0.15) is 24.8 Å². The van der Waals surface area contributed by atoms with Crippen LogP contribution < -0.4 is 0 Å². The third-order valence-corrected chi connectivity index (χ3v) is 4.46. The fourth-order valence-corrected chi connectivity index (χ4v) is 3.75. The van der Waals surface area contributed by atoms with E-state index < -0.39 is 0 Å². The van der Waals surface area contributed by atoms with Crippen molar-refractivity contribution in [2.75, 3.05) is 0 Å². The third-order valence-electron chi connectivity index (χ3n) is 4.46. The number of nitrogens with zero attached hydrogens (tertiary/aromatic N) is 1. The summed E-state index contributed by atoms with van der Waals surface area (Å²) in [5.41, 5.74) is 1.68. The largest absolute Gasteiger partial charge is 0.332 e. The van der Waals surface area contributed by atoms with Crippen molar-refractivity contribution in [2.45, 2.75) is 31.3 Å². The minimum Gasteiger partial charge on any atom is -0.332 e. The van der Waals surface area contributed by atoms with E-state index in [0.29, 0.717) is 11.4 Å². The molecule has 1 aromatic rings. The Kier molecular flexibility index (Phi) is 1.11. The van der Waals surface area contributed by atoms with Gasteiger partial charge in [-0.25, -0.2) is 0 Å². The predicted octanol–water partition coefficient (Wildman–Crippen LogP) is 1.95. The van der Waals surface area contributed by atoms with Gasteiger partial charge in [-0.3, -0.25) is 4.79 Å². The van der Waals surface area contributed by atoms with Crippen LogP contribution >= 0.6 is 0 Å². The second-order valence-corrected chi connectivity index (χ2v) is 5.41. The molecule has 1 aromatic carbocycles. The summed E-state index contributed by atoms with van der Waals surface area (Å²) in [6.07, 6.45) is 3.43. The SMILES string of the molecule is O=C1N(Cc2ccccc2)C23CC1(C2)C3. The molecule has 1 amide bonds. The Labute approximate surface area is 88.9 Å². The Balaban J connectivity index is 1.64. The topological polar surface area (TPSA) is 20.3 Å². The molecule has 15 heavy (non-hydrogen) atoms. The van der Waals surface area contributed by atoms with Crippen molar-refractivity contribution in [3.63, 3.8) is 0 Å². The van der Waals surface area contributed by atoms with Crippen molar-refractivity contribution in [3.05, 3.63) is 35.9 Å². The summed E-state index contributed by atoms with van der Waals surface area (Å²) in [5.74, 6) is 0.423. The van der Waals surface area contributed by atoms with Gasteiger partial charge in [0.2, 0.25) is 5.91 Å². The Hall–Kier alpha value is -1.31. The van der Waals surface area contributed by atoms with Crippen molar-refractivity contribution in [1.29, 1.82) is 0 Å². The average molecular weight is 199 g/mol. The molecule has 0 radical (unpaired) electrons. The van der Waals surface area contributed by atoms with Gasteiger partial charge in [0.25, 0.3) is 0 Å². The zero-order chi connectivity index (χ0) is 10.1. The molecule has 3 heterocycles. The first-order valence-electron chi connectivity index (χ1n) is 5.60.